The minimum Gasteiger partial charge on any atom is -0.350 e. The predicted octanol–water partition coefficient (Wildman–Crippen LogP) is 2.09. The molecule has 2 fully saturated rings. The highest BCUT2D eigenvalue weighted by Crippen LogP contribution is 2.41. The Kier molecular flexibility index (Phi) is 3.49. The van der Waals surface area contributed by atoms with Gasteiger partial charge in [-0.15, -0.1) is 21.5 Å². The van der Waals surface area contributed by atoms with Crippen LogP contribution in [-0.2, 0) is 6.54 Å². The van der Waals surface area contributed by atoms with Crippen LogP contribution in [0.25, 0.3) is 5.65 Å². The number of aromatic nitrogens is 5. The summed E-state index contributed by atoms with van der Waals surface area (Å²) in [5.41, 5.74) is 2.05. The number of nitrogens with zero attached hydrogens (tertiary/aromatic N) is 7. The number of fused-ring (bicyclic) bond motifs is 1. The normalized spacial score (nSPS) is 18.3. The first-order chi connectivity index (χ1) is 12.2. The second kappa shape index (κ2) is 5.74. The van der Waals surface area contributed by atoms with Crippen LogP contribution in [0.15, 0.2) is 17.8 Å². The van der Waals surface area contributed by atoms with Crippen molar-refractivity contribution in [2.24, 2.45) is 0 Å². The minimum absolute atomic E-state index is 0.525. The van der Waals surface area contributed by atoms with Crippen LogP contribution in [0.2, 0.25) is 0 Å². The van der Waals surface area contributed by atoms with Gasteiger partial charge in [0.05, 0.1) is 10.7 Å². The molecular weight excluding hydrogens is 334 g/mol. The van der Waals surface area contributed by atoms with Crippen molar-refractivity contribution in [2.75, 3.05) is 25.0 Å². The lowest BCUT2D eigenvalue weighted by atomic mass is 10.1. The van der Waals surface area contributed by atoms with Crippen LogP contribution < -0.4 is 4.90 Å². The van der Waals surface area contributed by atoms with E-state index in [4.69, 9.17) is 4.98 Å². The maximum Gasteiger partial charge on any atom is 0.203 e. The van der Waals surface area contributed by atoms with Crippen LogP contribution in [-0.4, -0.2) is 55.6 Å². The van der Waals surface area contributed by atoms with Gasteiger partial charge in [0.15, 0.2) is 5.82 Å². The maximum absolute atomic E-state index is 4.80. The van der Waals surface area contributed by atoms with E-state index in [1.54, 1.807) is 0 Å². The third-order valence-electron chi connectivity index (χ3n) is 5.17. The molecule has 0 amide bonds. The SMILES string of the molecule is Cc1nnc2c(N3CC(N(C)Cc4csc(C5CC5)n4)C3)nccn12. The largest absolute Gasteiger partial charge is 0.350 e. The molecular formula is C17H21N7S. The van der Waals surface area contributed by atoms with E-state index in [0.29, 0.717) is 6.04 Å². The third kappa shape index (κ3) is 2.69. The third-order valence-corrected chi connectivity index (χ3v) is 6.23. The fourth-order valence-electron chi connectivity index (χ4n) is 3.36. The van der Waals surface area contributed by atoms with Crippen molar-refractivity contribution in [3.8, 4) is 0 Å². The van der Waals surface area contributed by atoms with Gasteiger partial charge in [0.25, 0.3) is 0 Å². The highest BCUT2D eigenvalue weighted by atomic mass is 32.1. The molecule has 1 saturated carbocycles. The first kappa shape index (κ1) is 15.2. The minimum atomic E-state index is 0.525. The molecule has 1 aliphatic carbocycles. The Morgan fingerprint density at radius 2 is 2.12 bits per heavy atom. The first-order valence-electron chi connectivity index (χ1n) is 8.75. The predicted molar refractivity (Wildman–Crippen MR) is 97.1 cm³/mol. The zero-order valence-electron chi connectivity index (χ0n) is 14.5. The van der Waals surface area contributed by atoms with Crippen molar-refractivity contribution in [2.45, 2.75) is 38.3 Å². The second-order valence-electron chi connectivity index (χ2n) is 7.12. The van der Waals surface area contributed by atoms with Gasteiger partial charge in [-0.25, -0.2) is 9.97 Å². The number of rotatable bonds is 5. The number of thiazole rings is 1. The van der Waals surface area contributed by atoms with E-state index < -0.39 is 0 Å². The average Bonchev–Trinajstić information content (AvgIpc) is 3.20. The highest BCUT2D eigenvalue weighted by molar-refractivity contribution is 7.09. The van der Waals surface area contributed by atoms with Gasteiger partial charge in [0.2, 0.25) is 5.65 Å². The summed E-state index contributed by atoms with van der Waals surface area (Å²) in [6, 6.07) is 0.525. The molecule has 0 atom stereocenters. The topological polar surface area (TPSA) is 62.5 Å². The van der Waals surface area contributed by atoms with E-state index in [1.807, 2.05) is 35.1 Å². The van der Waals surface area contributed by atoms with Gasteiger partial charge in [-0.1, -0.05) is 0 Å². The fraction of sp³-hybridized carbons (Fsp3) is 0.529. The maximum atomic E-state index is 4.80. The molecule has 1 aliphatic heterocycles. The Morgan fingerprint density at radius 1 is 1.28 bits per heavy atom. The van der Waals surface area contributed by atoms with Gasteiger partial charge in [-0.05, 0) is 26.8 Å². The molecule has 3 aromatic rings. The molecule has 5 rings (SSSR count). The summed E-state index contributed by atoms with van der Waals surface area (Å²) in [7, 11) is 2.19. The van der Waals surface area contributed by atoms with E-state index in [2.05, 4.69) is 37.4 Å². The van der Waals surface area contributed by atoms with Crippen LogP contribution in [0.5, 0.6) is 0 Å². The summed E-state index contributed by atoms with van der Waals surface area (Å²) in [6.45, 7) is 4.81. The number of aryl methyl sites for hydroxylation is 1. The Labute approximate surface area is 150 Å². The smallest absolute Gasteiger partial charge is 0.203 e. The summed E-state index contributed by atoms with van der Waals surface area (Å²) >= 11 is 1.82. The van der Waals surface area contributed by atoms with Crippen LogP contribution in [0, 0.1) is 6.92 Å². The molecule has 3 aromatic heterocycles. The van der Waals surface area contributed by atoms with Gasteiger partial charge in [-0.2, -0.15) is 0 Å². The lowest BCUT2D eigenvalue weighted by Crippen LogP contribution is -2.58. The Morgan fingerprint density at radius 3 is 2.92 bits per heavy atom. The Hall–Kier alpha value is -2.06. The van der Waals surface area contributed by atoms with E-state index in [0.717, 1.165) is 42.8 Å². The molecule has 0 spiro atoms. The molecule has 1 saturated heterocycles. The average molecular weight is 355 g/mol. The van der Waals surface area contributed by atoms with E-state index >= 15 is 0 Å². The lowest BCUT2D eigenvalue weighted by Gasteiger charge is -2.44. The molecule has 0 unspecified atom stereocenters. The van der Waals surface area contributed by atoms with Crippen molar-refractivity contribution in [3.05, 3.63) is 34.3 Å². The van der Waals surface area contributed by atoms with E-state index in [1.165, 1.54) is 23.5 Å². The van der Waals surface area contributed by atoms with Gasteiger partial charge in [-0.3, -0.25) is 9.30 Å². The number of hydrogen-bond acceptors (Lipinski definition) is 7. The molecule has 7 nitrogen and oxygen atoms in total. The first-order valence-corrected chi connectivity index (χ1v) is 9.63. The van der Waals surface area contributed by atoms with Crippen molar-refractivity contribution >= 4 is 22.8 Å². The summed E-state index contributed by atoms with van der Waals surface area (Å²) in [6.07, 6.45) is 6.38. The lowest BCUT2D eigenvalue weighted by molar-refractivity contribution is 0.195. The molecule has 4 heterocycles. The van der Waals surface area contributed by atoms with Crippen LogP contribution in [0.4, 0.5) is 5.82 Å². The zero-order chi connectivity index (χ0) is 17.0. The summed E-state index contributed by atoms with van der Waals surface area (Å²) in [4.78, 5) is 14.0. The summed E-state index contributed by atoms with van der Waals surface area (Å²) in [5, 5.41) is 12.0. The quantitative estimate of drug-likeness (QED) is 0.698. The number of hydrogen-bond donors (Lipinski definition) is 0. The fourth-order valence-corrected chi connectivity index (χ4v) is 4.34. The van der Waals surface area contributed by atoms with Gasteiger partial charge >= 0.3 is 0 Å². The van der Waals surface area contributed by atoms with Crippen molar-refractivity contribution in [1.29, 1.82) is 0 Å². The van der Waals surface area contributed by atoms with Gasteiger partial charge in [0, 0.05) is 49.4 Å². The van der Waals surface area contributed by atoms with Gasteiger partial charge < -0.3 is 4.90 Å². The monoisotopic (exact) mass is 355 g/mol. The second-order valence-corrected chi connectivity index (χ2v) is 8.01. The summed E-state index contributed by atoms with van der Waals surface area (Å²) in [5.74, 6) is 2.57. The van der Waals surface area contributed by atoms with Crippen LogP contribution >= 0.6 is 11.3 Å². The molecule has 0 radical (unpaired) electrons. The molecule has 0 aromatic carbocycles. The summed E-state index contributed by atoms with van der Waals surface area (Å²) < 4.78 is 1.99. The van der Waals surface area contributed by atoms with Crippen LogP contribution in [0.1, 0.15) is 35.3 Å². The molecule has 2 aliphatic rings. The molecule has 8 heteroatoms. The molecule has 25 heavy (non-hydrogen) atoms. The number of anilines is 1. The Bertz CT molecular complexity index is 907. The highest BCUT2D eigenvalue weighted by Gasteiger charge is 2.33. The standard InChI is InChI=1S/C17H21N7S/c1-11-20-21-16-15(18-5-6-24(11)16)23-8-14(9-23)22(2)7-13-10-25-17(19-13)12-3-4-12/h5-6,10,12,14H,3-4,7-9H2,1-2H3. The van der Waals surface area contributed by atoms with Gasteiger partial charge in [0.1, 0.15) is 5.82 Å². The number of likely N-dealkylation sites (N-methyl/N-ethyl adjacent to an activating group) is 1. The van der Waals surface area contributed by atoms with Crippen molar-refractivity contribution in [1.82, 2.24) is 29.5 Å². The molecule has 0 N–H and O–H groups in total. The van der Waals surface area contributed by atoms with E-state index in [-0.39, 0.29) is 0 Å². The molecule has 0 bridgehead atoms. The van der Waals surface area contributed by atoms with Crippen molar-refractivity contribution in [3.63, 3.8) is 0 Å². The zero-order valence-corrected chi connectivity index (χ0v) is 15.3. The molecule has 130 valence electrons. The van der Waals surface area contributed by atoms with E-state index in [9.17, 15) is 0 Å². The van der Waals surface area contributed by atoms with Crippen LogP contribution in [0.3, 0.4) is 0 Å². The Balaban J connectivity index is 1.24. The van der Waals surface area contributed by atoms with Crippen molar-refractivity contribution < 1.29 is 0 Å².